The zero-order valence-corrected chi connectivity index (χ0v) is 10.3. The molecule has 0 spiro atoms. The molecule has 0 amide bonds. The van der Waals surface area contributed by atoms with Crippen LogP contribution in [0, 0.1) is 0 Å². The zero-order chi connectivity index (χ0) is 13.5. The molecule has 96 valence electrons. The molecule has 0 heterocycles. The van der Waals surface area contributed by atoms with Crippen molar-refractivity contribution in [1.82, 2.24) is 0 Å². The fraction of sp³-hybridized carbons (Fsp3) is 0. The Labute approximate surface area is 111 Å². The first-order valence-corrected chi connectivity index (χ1v) is 5.78. The molecule has 5 N–H and O–H groups in total. The van der Waals surface area contributed by atoms with E-state index in [-0.39, 0.29) is 5.96 Å². The lowest BCUT2D eigenvalue weighted by molar-refractivity contribution is 1.21. The van der Waals surface area contributed by atoms with E-state index >= 15 is 0 Å². The molecule has 0 radical (unpaired) electrons. The summed E-state index contributed by atoms with van der Waals surface area (Å²) in [6.07, 6.45) is 1.59. The van der Waals surface area contributed by atoms with Crippen molar-refractivity contribution in [3.05, 3.63) is 60.2 Å². The van der Waals surface area contributed by atoms with Gasteiger partial charge in [-0.2, -0.15) is 5.10 Å². The summed E-state index contributed by atoms with van der Waals surface area (Å²) in [6, 6.07) is 17.7. The van der Waals surface area contributed by atoms with E-state index in [0.29, 0.717) is 0 Å². The van der Waals surface area contributed by atoms with Crippen LogP contribution in [-0.2, 0) is 0 Å². The Bertz CT molecular complexity index is 569. The normalized spacial score (nSPS) is 10.3. The van der Waals surface area contributed by atoms with Crippen molar-refractivity contribution >= 4 is 23.5 Å². The van der Waals surface area contributed by atoms with Gasteiger partial charge in [-0.1, -0.05) is 30.3 Å². The Morgan fingerprint density at radius 3 is 2.16 bits per heavy atom. The van der Waals surface area contributed by atoms with Gasteiger partial charge in [0.15, 0.2) is 0 Å². The lowest BCUT2D eigenvalue weighted by atomic mass is 10.2. The van der Waals surface area contributed by atoms with E-state index in [2.05, 4.69) is 15.5 Å². The summed E-state index contributed by atoms with van der Waals surface area (Å²) < 4.78 is 0. The van der Waals surface area contributed by atoms with Crippen molar-refractivity contribution in [3.8, 4) is 0 Å². The van der Waals surface area contributed by atoms with Gasteiger partial charge >= 0.3 is 0 Å². The first kappa shape index (κ1) is 12.6. The average Bonchev–Trinajstić information content (AvgIpc) is 2.42. The van der Waals surface area contributed by atoms with Gasteiger partial charge < -0.3 is 16.8 Å². The second kappa shape index (κ2) is 6.20. The monoisotopic (exact) mass is 253 g/mol. The second-order valence-electron chi connectivity index (χ2n) is 3.88. The van der Waals surface area contributed by atoms with Crippen LogP contribution < -0.4 is 16.8 Å². The summed E-state index contributed by atoms with van der Waals surface area (Å²) in [6.45, 7) is 0. The van der Waals surface area contributed by atoms with Gasteiger partial charge in [0.25, 0.3) is 0 Å². The maximum atomic E-state index is 5.17. The van der Waals surface area contributed by atoms with Crippen LogP contribution in [0.4, 0.5) is 11.4 Å². The number of benzene rings is 2. The van der Waals surface area contributed by atoms with Gasteiger partial charge in [0.1, 0.15) is 0 Å². The highest BCUT2D eigenvalue weighted by Crippen LogP contribution is 2.15. The fourth-order valence-electron chi connectivity index (χ4n) is 1.50. The Morgan fingerprint density at radius 2 is 1.53 bits per heavy atom. The van der Waals surface area contributed by atoms with Crippen molar-refractivity contribution in [2.24, 2.45) is 21.7 Å². The SMILES string of the molecule is NC(N)=N/N=C\c1ccc(Nc2ccccc2)cc1. The Morgan fingerprint density at radius 1 is 0.895 bits per heavy atom. The van der Waals surface area contributed by atoms with Crippen LogP contribution in [-0.4, -0.2) is 12.2 Å². The Balaban J connectivity index is 2.03. The molecule has 0 aliphatic carbocycles. The highest BCUT2D eigenvalue weighted by atomic mass is 15.3. The fourth-order valence-corrected chi connectivity index (χ4v) is 1.50. The molecule has 0 atom stereocenters. The molecule has 0 bridgehead atoms. The standard InChI is InChI=1S/C14H15N5/c15-14(16)19-17-10-11-6-8-13(9-7-11)18-12-4-2-1-3-5-12/h1-10,18H,(H4,15,16,19)/b17-10-. The van der Waals surface area contributed by atoms with Gasteiger partial charge in [0.05, 0.1) is 6.21 Å². The van der Waals surface area contributed by atoms with Gasteiger partial charge in [-0.3, -0.25) is 0 Å². The molecule has 19 heavy (non-hydrogen) atoms. The number of nitrogens with two attached hydrogens (primary N) is 2. The van der Waals surface area contributed by atoms with Crippen molar-refractivity contribution < 1.29 is 0 Å². The van der Waals surface area contributed by atoms with Gasteiger partial charge in [0.2, 0.25) is 5.96 Å². The molecule has 0 aromatic heterocycles. The number of anilines is 2. The molecule has 0 aliphatic rings. The smallest absolute Gasteiger partial charge is 0.211 e. The molecule has 0 saturated carbocycles. The first-order chi connectivity index (χ1) is 9.24. The highest BCUT2D eigenvalue weighted by Gasteiger charge is 1.93. The van der Waals surface area contributed by atoms with Gasteiger partial charge in [-0.25, -0.2) is 0 Å². The third kappa shape index (κ3) is 4.16. The van der Waals surface area contributed by atoms with Gasteiger partial charge in [0, 0.05) is 11.4 Å². The highest BCUT2D eigenvalue weighted by molar-refractivity contribution is 5.82. The number of guanidine groups is 1. The van der Waals surface area contributed by atoms with Crippen molar-refractivity contribution in [3.63, 3.8) is 0 Å². The van der Waals surface area contributed by atoms with E-state index in [1.165, 1.54) is 0 Å². The van der Waals surface area contributed by atoms with Crippen LogP contribution >= 0.6 is 0 Å². The molecule has 5 nitrogen and oxygen atoms in total. The van der Waals surface area contributed by atoms with Crippen LogP contribution in [0.5, 0.6) is 0 Å². The summed E-state index contributed by atoms with van der Waals surface area (Å²) in [5.41, 5.74) is 13.3. The van der Waals surface area contributed by atoms with E-state index in [1.807, 2.05) is 54.6 Å². The molecule has 2 rings (SSSR count). The zero-order valence-electron chi connectivity index (χ0n) is 10.3. The van der Waals surface area contributed by atoms with Crippen LogP contribution in [0.2, 0.25) is 0 Å². The molecule has 2 aromatic rings. The number of rotatable bonds is 4. The Hall–Kier alpha value is -2.82. The third-order valence-corrected chi connectivity index (χ3v) is 2.35. The van der Waals surface area contributed by atoms with E-state index in [0.717, 1.165) is 16.9 Å². The lowest BCUT2D eigenvalue weighted by Crippen LogP contribution is -2.21. The molecule has 0 saturated heterocycles. The number of para-hydroxylation sites is 1. The van der Waals surface area contributed by atoms with Crippen molar-refractivity contribution in [2.75, 3.05) is 5.32 Å². The molecular weight excluding hydrogens is 238 g/mol. The van der Waals surface area contributed by atoms with Crippen LogP contribution in [0.3, 0.4) is 0 Å². The number of hydrogen-bond donors (Lipinski definition) is 3. The molecule has 0 fully saturated rings. The topological polar surface area (TPSA) is 88.8 Å². The minimum Gasteiger partial charge on any atom is -0.369 e. The third-order valence-electron chi connectivity index (χ3n) is 2.35. The summed E-state index contributed by atoms with van der Waals surface area (Å²) in [5, 5.41) is 10.6. The Kier molecular flexibility index (Phi) is 4.12. The minimum absolute atomic E-state index is 0.0568. The number of nitrogens with zero attached hydrogens (tertiary/aromatic N) is 2. The number of nitrogens with one attached hydrogen (secondary N) is 1. The quantitative estimate of drug-likeness (QED) is 0.442. The largest absolute Gasteiger partial charge is 0.369 e. The summed E-state index contributed by atoms with van der Waals surface area (Å²) in [4.78, 5) is 0. The van der Waals surface area contributed by atoms with Gasteiger partial charge in [-0.15, -0.1) is 5.10 Å². The van der Waals surface area contributed by atoms with E-state index < -0.39 is 0 Å². The van der Waals surface area contributed by atoms with Crippen molar-refractivity contribution in [1.29, 1.82) is 0 Å². The predicted molar refractivity (Wildman–Crippen MR) is 79.6 cm³/mol. The van der Waals surface area contributed by atoms with E-state index in [1.54, 1.807) is 6.21 Å². The van der Waals surface area contributed by atoms with Crippen LogP contribution in [0.25, 0.3) is 0 Å². The summed E-state index contributed by atoms with van der Waals surface area (Å²) in [5.74, 6) is -0.0568. The van der Waals surface area contributed by atoms with Crippen LogP contribution in [0.1, 0.15) is 5.56 Å². The molecule has 0 aliphatic heterocycles. The number of hydrogen-bond acceptors (Lipinski definition) is 3. The first-order valence-electron chi connectivity index (χ1n) is 5.78. The maximum absolute atomic E-state index is 5.17. The lowest BCUT2D eigenvalue weighted by Gasteiger charge is -2.05. The molecular formula is C14H15N5. The molecule has 2 aromatic carbocycles. The summed E-state index contributed by atoms with van der Waals surface area (Å²) in [7, 11) is 0. The van der Waals surface area contributed by atoms with Crippen LogP contribution in [0.15, 0.2) is 64.8 Å². The average molecular weight is 253 g/mol. The van der Waals surface area contributed by atoms with Gasteiger partial charge in [-0.05, 0) is 29.8 Å². The minimum atomic E-state index is -0.0568. The summed E-state index contributed by atoms with van der Waals surface area (Å²) >= 11 is 0. The van der Waals surface area contributed by atoms with Crippen molar-refractivity contribution in [2.45, 2.75) is 0 Å². The second-order valence-corrected chi connectivity index (χ2v) is 3.88. The molecule has 0 unspecified atom stereocenters. The maximum Gasteiger partial charge on any atom is 0.211 e. The van der Waals surface area contributed by atoms with E-state index in [4.69, 9.17) is 11.5 Å². The predicted octanol–water partition coefficient (Wildman–Crippen LogP) is 2.04. The van der Waals surface area contributed by atoms with E-state index in [9.17, 15) is 0 Å². The molecule has 5 heteroatoms.